The van der Waals surface area contributed by atoms with E-state index in [1.165, 1.54) is 0 Å². The highest BCUT2D eigenvalue weighted by Crippen LogP contribution is 2.61. The van der Waals surface area contributed by atoms with Crippen LogP contribution in [0, 0.1) is 32.5 Å². The molecule has 0 N–H and O–H groups in total. The fraction of sp³-hybridized carbons (Fsp3) is 1.00. The van der Waals surface area contributed by atoms with Gasteiger partial charge in [-0.3, -0.25) is 0 Å². The molecule has 0 aliphatic rings. The van der Waals surface area contributed by atoms with Gasteiger partial charge in [0.1, 0.15) is 0 Å². The van der Waals surface area contributed by atoms with Gasteiger partial charge in [-0.1, -0.05) is 145 Å². The molecule has 0 saturated heterocycles. The van der Waals surface area contributed by atoms with Crippen LogP contribution >= 0.6 is 7.82 Å². The molecule has 0 aromatic rings. The van der Waals surface area contributed by atoms with E-state index in [-0.39, 0.29) is 32.5 Å². The first-order valence-corrected chi connectivity index (χ1v) is 18.5. The van der Waals surface area contributed by atoms with Crippen molar-refractivity contribution >= 4 is 7.82 Å². The second-order valence-electron chi connectivity index (χ2n) is 19.5. The van der Waals surface area contributed by atoms with Gasteiger partial charge in [0.15, 0.2) is 0 Å². The summed E-state index contributed by atoms with van der Waals surface area (Å²) >= 11 is 0. The Hall–Kier alpha value is -0.0100. The first-order valence-electron chi connectivity index (χ1n) is 17.0. The van der Waals surface area contributed by atoms with Gasteiger partial charge in [0.2, 0.25) is 0 Å². The monoisotopic (exact) mass is 648 g/mol. The van der Waals surface area contributed by atoms with Crippen molar-refractivity contribution in [2.45, 2.75) is 183 Å². The van der Waals surface area contributed by atoms with E-state index in [2.05, 4.69) is 145 Å². The lowest BCUT2D eigenvalue weighted by Crippen LogP contribution is -2.64. The van der Waals surface area contributed by atoms with Crippen LogP contribution in [0.1, 0.15) is 166 Å². The SMILES string of the molecule is CCN(OP(=O)(ON(CC)C(C)(C(C)(C)C)C(C)(C)C)ON(CC)C(C)(C(C)(C)C)C(C)(C)C)C(C)(C(C)(C)C)C(C)(C)C. The minimum Gasteiger partial charge on any atom is -0.223 e. The number of hydrogen-bond donors (Lipinski definition) is 0. The normalized spacial score (nSPS) is 16.1. The summed E-state index contributed by atoms with van der Waals surface area (Å²) < 4.78 is 35.9. The number of rotatable bonds is 12. The Morgan fingerprint density at radius 2 is 0.500 bits per heavy atom. The number of hydrogen-bond acceptors (Lipinski definition) is 7. The standard InChI is InChI=1S/C36H78N3O4P/c1-25-37(34(22,28(4,5)6)29(7,8)9)41-44(40,42-38(26-2)35(23,30(10,11)12)31(13,14)15)43-39(27-3)36(24,32(16,17)18)33(19,20)21/h25-27H2,1-24H3. The van der Waals surface area contributed by atoms with Gasteiger partial charge in [-0.15, -0.1) is 0 Å². The largest absolute Gasteiger partial charge is 0.525 e. The van der Waals surface area contributed by atoms with E-state index < -0.39 is 24.4 Å². The average Bonchev–Trinajstić information content (AvgIpc) is 2.78. The van der Waals surface area contributed by atoms with Crippen LogP contribution in [0.25, 0.3) is 0 Å². The molecule has 0 aromatic heterocycles. The fourth-order valence-electron chi connectivity index (χ4n) is 7.39. The molecule has 0 aliphatic carbocycles. The van der Waals surface area contributed by atoms with Gasteiger partial charge in [0.05, 0.1) is 16.6 Å². The summed E-state index contributed by atoms with van der Waals surface area (Å²) in [6.07, 6.45) is 0. The second kappa shape index (κ2) is 13.5. The maximum atomic E-state index is 15.6. The minimum absolute atomic E-state index is 0.238. The smallest absolute Gasteiger partial charge is 0.223 e. The predicted octanol–water partition coefficient (Wildman–Crippen LogP) is 11.4. The highest BCUT2D eigenvalue weighted by Gasteiger charge is 2.59. The van der Waals surface area contributed by atoms with Crippen molar-refractivity contribution in [3.05, 3.63) is 0 Å². The summed E-state index contributed by atoms with van der Waals surface area (Å²) in [5.74, 6) is 0. The topological polar surface area (TPSA) is 54.5 Å². The van der Waals surface area contributed by atoms with Gasteiger partial charge >= 0.3 is 7.82 Å². The van der Waals surface area contributed by atoms with E-state index in [4.69, 9.17) is 13.9 Å². The first kappa shape index (κ1) is 44.0. The lowest BCUT2D eigenvalue weighted by Gasteiger charge is -2.59. The molecule has 0 fully saturated rings. The molecule has 0 aliphatic heterocycles. The lowest BCUT2D eigenvalue weighted by atomic mass is 9.61. The number of nitrogens with zero attached hydrogens (tertiary/aromatic N) is 3. The van der Waals surface area contributed by atoms with Crippen LogP contribution in [0.4, 0.5) is 0 Å². The first-order chi connectivity index (χ1) is 19.0. The molecule has 0 heterocycles. The van der Waals surface area contributed by atoms with Crippen LogP contribution in [0.5, 0.6) is 0 Å². The van der Waals surface area contributed by atoms with E-state index in [9.17, 15) is 0 Å². The Morgan fingerprint density at radius 1 is 0.364 bits per heavy atom. The molecule has 0 radical (unpaired) electrons. The number of hydroxylamine groups is 6. The van der Waals surface area contributed by atoms with Crippen LogP contribution in [0.2, 0.25) is 0 Å². The van der Waals surface area contributed by atoms with Crippen molar-refractivity contribution < 1.29 is 18.4 Å². The van der Waals surface area contributed by atoms with Crippen molar-refractivity contribution in [2.75, 3.05) is 19.6 Å². The molecule has 266 valence electrons. The predicted molar refractivity (Wildman–Crippen MR) is 190 cm³/mol. The molecule has 8 heteroatoms. The zero-order valence-electron chi connectivity index (χ0n) is 34.0. The van der Waals surface area contributed by atoms with Gasteiger partial charge in [-0.2, -0.15) is 29.1 Å². The van der Waals surface area contributed by atoms with Crippen molar-refractivity contribution in [3.8, 4) is 0 Å². The third-order valence-electron chi connectivity index (χ3n) is 11.7. The molecule has 7 nitrogen and oxygen atoms in total. The van der Waals surface area contributed by atoms with E-state index in [1.807, 2.05) is 36.0 Å². The summed E-state index contributed by atoms with van der Waals surface area (Å²) in [5, 5.41) is 5.60. The Morgan fingerprint density at radius 3 is 0.591 bits per heavy atom. The van der Waals surface area contributed by atoms with Crippen LogP contribution in [-0.2, 0) is 18.4 Å². The van der Waals surface area contributed by atoms with Crippen LogP contribution < -0.4 is 0 Å². The van der Waals surface area contributed by atoms with Crippen LogP contribution in [-0.4, -0.2) is 51.4 Å². The average molecular weight is 648 g/mol. The molecule has 0 aromatic carbocycles. The molecular weight excluding hydrogens is 569 g/mol. The van der Waals surface area contributed by atoms with E-state index >= 15 is 4.57 Å². The zero-order valence-corrected chi connectivity index (χ0v) is 34.9. The van der Waals surface area contributed by atoms with Crippen molar-refractivity contribution in [1.29, 1.82) is 0 Å². The van der Waals surface area contributed by atoms with Crippen molar-refractivity contribution in [3.63, 3.8) is 0 Å². The van der Waals surface area contributed by atoms with Crippen LogP contribution in [0.15, 0.2) is 0 Å². The molecular formula is C36H78N3O4P. The molecule has 44 heavy (non-hydrogen) atoms. The molecule has 0 saturated carbocycles. The molecule has 0 atom stereocenters. The van der Waals surface area contributed by atoms with Gasteiger partial charge in [-0.05, 0) is 53.3 Å². The maximum Gasteiger partial charge on any atom is 0.525 e. The summed E-state index contributed by atoms with van der Waals surface area (Å²) in [5.41, 5.74) is -3.06. The summed E-state index contributed by atoms with van der Waals surface area (Å²) in [4.78, 5) is 0. The van der Waals surface area contributed by atoms with E-state index in [0.717, 1.165) is 0 Å². The molecule has 0 unspecified atom stereocenters. The second-order valence-corrected chi connectivity index (χ2v) is 20.9. The van der Waals surface area contributed by atoms with E-state index in [0.29, 0.717) is 19.6 Å². The Balaban J connectivity index is 7.73. The molecule has 0 rings (SSSR count). The lowest BCUT2D eigenvalue weighted by molar-refractivity contribution is -0.292. The van der Waals surface area contributed by atoms with Crippen LogP contribution in [0.3, 0.4) is 0 Å². The van der Waals surface area contributed by atoms with Crippen molar-refractivity contribution in [1.82, 2.24) is 15.2 Å². The zero-order chi connectivity index (χ0) is 36.0. The maximum absolute atomic E-state index is 15.6. The molecule has 0 bridgehead atoms. The third-order valence-corrected chi connectivity index (χ3v) is 12.9. The third kappa shape index (κ3) is 8.16. The van der Waals surface area contributed by atoms with Gasteiger partial charge in [-0.25, -0.2) is 4.57 Å². The molecule has 0 amide bonds. The molecule has 0 spiro atoms. The summed E-state index contributed by atoms with van der Waals surface area (Å²) in [6, 6.07) is 0. The van der Waals surface area contributed by atoms with Gasteiger partial charge in [0.25, 0.3) is 0 Å². The highest BCUT2D eigenvalue weighted by molar-refractivity contribution is 7.48. The minimum atomic E-state index is -4.37. The summed E-state index contributed by atoms with van der Waals surface area (Å²) in [7, 11) is -4.37. The van der Waals surface area contributed by atoms with Gasteiger partial charge < -0.3 is 0 Å². The Bertz CT molecular complexity index is 803. The van der Waals surface area contributed by atoms with E-state index in [1.54, 1.807) is 0 Å². The Kier molecular flexibility index (Phi) is 13.5. The highest BCUT2D eigenvalue weighted by atomic mass is 31.2. The Labute approximate surface area is 276 Å². The summed E-state index contributed by atoms with van der Waals surface area (Å²) in [6.45, 7) is 53.9. The fourth-order valence-corrected chi connectivity index (χ4v) is 9.04. The van der Waals surface area contributed by atoms with Crippen molar-refractivity contribution in [2.24, 2.45) is 32.5 Å². The van der Waals surface area contributed by atoms with Gasteiger partial charge in [0, 0.05) is 19.6 Å². The number of phosphoric acid groups is 1. The quantitative estimate of drug-likeness (QED) is 0.154.